The zero-order valence-corrected chi connectivity index (χ0v) is 23.8. The molecule has 0 saturated heterocycles. The molecule has 3 aliphatic carbocycles. The van der Waals surface area contributed by atoms with E-state index in [1.165, 1.54) is 28.8 Å². The molecule has 0 saturated carbocycles. The monoisotopic (exact) mass is 554 g/mol. The molecule has 0 radical (unpaired) electrons. The summed E-state index contributed by atoms with van der Waals surface area (Å²) in [5, 5.41) is 0. The molecular formula is C36H32Zr. The van der Waals surface area contributed by atoms with Crippen LogP contribution in [0.15, 0.2) is 143 Å². The van der Waals surface area contributed by atoms with E-state index in [1.54, 1.807) is 3.28 Å². The van der Waals surface area contributed by atoms with Crippen LogP contribution in [0.2, 0.25) is 4.63 Å². The Morgan fingerprint density at radius 2 is 1.03 bits per heavy atom. The Balaban J connectivity index is 1.78. The first kappa shape index (κ1) is 22.9. The van der Waals surface area contributed by atoms with Crippen molar-refractivity contribution in [1.82, 2.24) is 0 Å². The number of rotatable bonds is 5. The molecule has 0 aliphatic heterocycles. The van der Waals surface area contributed by atoms with Crippen molar-refractivity contribution in [2.75, 3.05) is 0 Å². The van der Waals surface area contributed by atoms with Gasteiger partial charge < -0.3 is 0 Å². The molecule has 0 N–H and O–H groups in total. The average molecular weight is 556 g/mol. The van der Waals surface area contributed by atoms with Crippen LogP contribution in [-0.2, 0) is 17.3 Å². The molecule has 0 aromatic heterocycles. The van der Waals surface area contributed by atoms with Gasteiger partial charge in [-0.2, -0.15) is 0 Å². The third-order valence-corrected chi connectivity index (χ3v) is 39.0. The predicted molar refractivity (Wildman–Crippen MR) is 156 cm³/mol. The average Bonchev–Trinajstić information content (AvgIpc) is 3.75. The first-order valence-electron chi connectivity index (χ1n) is 13.5. The Morgan fingerprint density at radius 1 is 0.568 bits per heavy atom. The zero-order valence-electron chi connectivity index (χ0n) is 21.3. The molecule has 0 bridgehead atoms. The van der Waals surface area contributed by atoms with Crippen molar-refractivity contribution in [3.05, 3.63) is 165 Å². The van der Waals surface area contributed by atoms with Crippen LogP contribution in [-0.4, -0.2) is 0 Å². The van der Waals surface area contributed by atoms with Gasteiger partial charge in [0.15, 0.2) is 0 Å². The standard InChI is InChI=1S/2C9H7.2C6H5.C5H5.CH3.Zr/c2*1-2-5-9-7-3-6-8(9)4-1;2*1-2-4-6-5-3-1;1-2-4-5-3-1;;/h2*1-7H;2*1-5H;1-3H,4H2;1H3;. The molecule has 180 valence electrons. The van der Waals surface area contributed by atoms with Crippen LogP contribution in [0.5, 0.6) is 0 Å². The Hall–Kier alpha value is -3.28. The first-order valence-corrected chi connectivity index (χ1v) is 22.5. The van der Waals surface area contributed by atoms with Crippen molar-refractivity contribution in [2.24, 2.45) is 0 Å². The first-order chi connectivity index (χ1) is 18.1. The van der Waals surface area contributed by atoms with Gasteiger partial charge in [-0.1, -0.05) is 0 Å². The second-order valence-electron chi connectivity index (χ2n) is 11.7. The molecule has 2 unspecified atom stereocenters. The van der Waals surface area contributed by atoms with E-state index in [-0.39, 0.29) is 7.25 Å². The Kier molecular flexibility index (Phi) is 4.86. The van der Waals surface area contributed by atoms with Gasteiger partial charge in [-0.3, -0.25) is 0 Å². The van der Waals surface area contributed by atoms with Crippen LogP contribution in [0.3, 0.4) is 0 Å². The van der Waals surface area contributed by atoms with E-state index in [4.69, 9.17) is 0 Å². The molecule has 4 aromatic rings. The van der Waals surface area contributed by atoms with Crippen LogP contribution in [0.4, 0.5) is 0 Å². The fourth-order valence-corrected chi connectivity index (χ4v) is 36.8. The van der Waals surface area contributed by atoms with Crippen molar-refractivity contribution in [3.63, 3.8) is 0 Å². The zero-order chi connectivity index (χ0) is 25.0. The van der Waals surface area contributed by atoms with Gasteiger partial charge in [-0.05, 0) is 0 Å². The molecule has 3 aliphatic rings. The summed E-state index contributed by atoms with van der Waals surface area (Å²) in [4.78, 5) is 0. The quantitative estimate of drug-likeness (QED) is 0.232. The molecule has 4 aromatic carbocycles. The van der Waals surface area contributed by atoms with Crippen LogP contribution >= 0.6 is 0 Å². The minimum absolute atomic E-state index is 0.272. The number of fused-ring (bicyclic) bond motifs is 2. The van der Waals surface area contributed by atoms with Gasteiger partial charge in [0, 0.05) is 0 Å². The fraction of sp³-hybridized carbons (Fsp3) is 0.111. The number of benzene rings is 4. The predicted octanol–water partition coefficient (Wildman–Crippen LogP) is 8.29. The van der Waals surface area contributed by atoms with Crippen molar-refractivity contribution in [1.29, 1.82) is 0 Å². The van der Waals surface area contributed by atoms with Gasteiger partial charge in [0.05, 0.1) is 0 Å². The third kappa shape index (κ3) is 2.57. The van der Waals surface area contributed by atoms with E-state index >= 15 is 0 Å². The summed E-state index contributed by atoms with van der Waals surface area (Å²) < 4.78 is 8.03. The SMILES string of the molecule is [CH3][Zr]([C]1=CC=CC1)([c]1ccccc1)([c]1ccccc1)([CH]1C=Cc2ccccc21)[CH]1C=Cc2ccccc21. The van der Waals surface area contributed by atoms with E-state index in [1.807, 2.05) is 0 Å². The molecule has 2 atom stereocenters. The number of hydrogen-bond acceptors (Lipinski definition) is 0. The van der Waals surface area contributed by atoms with E-state index in [9.17, 15) is 0 Å². The van der Waals surface area contributed by atoms with Gasteiger partial charge in [-0.15, -0.1) is 0 Å². The summed E-state index contributed by atoms with van der Waals surface area (Å²) in [5.41, 5.74) is 5.67. The van der Waals surface area contributed by atoms with E-state index in [0.717, 1.165) is 6.42 Å². The van der Waals surface area contributed by atoms with E-state index in [2.05, 4.69) is 156 Å². The molecule has 37 heavy (non-hydrogen) atoms. The molecular weight excluding hydrogens is 524 g/mol. The molecule has 7 rings (SSSR count). The van der Waals surface area contributed by atoms with Crippen LogP contribution in [0, 0.1) is 0 Å². The topological polar surface area (TPSA) is 0 Å². The summed E-state index contributed by atoms with van der Waals surface area (Å²) in [6.45, 7) is 0. The molecule has 0 spiro atoms. The fourth-order valence-electron chi connectivity index (χ4n) is 8.86. The van der Waals surface area contributed by atoms with Gasteiger partial charge in [0.25, 0.3) is 0 Å². The molecule has 1 heteroatoms. The van der Waals surface area contributed by atoms with E-state index < -0.39 is 17.3 Å². The second-order valence-corrected chi connectivity index (χ2v) is 32.6. The van der Waals surface area contributed by atoms with Crippen LogP contribution < -0.4 is 6.54 Å². The van der Waals surface area contributed by atoms with Crippen LogP contribution in [0.1, 0.15) is 35.9 Å². The number of allylic oxidation sites excluding steroid dienone is 6. The Morgan fingerprint density at radius 3 is 1.49 bits per heavy atom. The maximum absolute atomic E-state index is 5.29. The van der Waals surface area contributed by atoms with Gasteiger partial charge in [0.2, 0.25) is 0 Å². The Labute approximate surface area is 218 Å². The molecule has 0 fully saturated rings. The van der Waals surface area contributed by atoms with Crippen molar-refractivity contribution in [3.8, 4) is 0 Å². The summed E-state index contributed by atoms with van der Waals surface area (Å²) in [6.07, 6.45) is 18.1. The van der Waals surface area contributed by atoms with Gasteiger partial charge in [0.1, 0.15) is 0 Å². The van der Waals surface area contributed by atoms with Crippen molar-refractivity contribution >= 4 is 18.7 Å². The van der Waals surface area contributed by atoms with Crippen molar-refractivity contribution in [2.45, 2.75) is 18.3 Å². The molecule has 0 amide bonds. The molecule has 0 heterocycles. The number of hydrogen-bond donors (Lipinski definition) is 0. The summed E-state index contributed by atoms with van der Waals surface area (Å²) in [7, 11) is 0. The molecule has 0 nitrogen and oxygen atoms in total. The normalized spacial score (nSPS) is 21.3. The van der Waals surface area contributed by atoms with Gasteiger partial charge >= 0.3 is 219 Å². The third-order valence-electron chi connectivity index (χ3n) is 10.7. The summed E-state index contributed by atoms with van der Waals surface area (Å²) in [5.74, 6) is 0. The van der Waals surface area contributed by atoms with Crippen LogP contribution in [0.25, 0.3) is 12.2 Å². The summed E-state index contributed by atoms with van der Waals surface area (Å²) in [6, 6.07) is 41.5. The van der Waals surface area contributed by atoms with Gasteiger partial charge in [-0.25, -0.2) is 0 Å². The van der Waals surface area contributed by atoms with Crippen molar-refractivity contribution < 1.29 is 17.3 Å². The maximum atomic E-state index is 2.79. The minimum atomic E-state index is -5.29. The van der Waals surface area contributed by atoms with E-state index in [0.29, 0.717) is 0 Å². The Bertz CT molecular complexity index is 1540. The second kappa shape index (κ2) is 7.86. The summed E-state index contributed by atoms with van der Waals surface area (Å²) >= 11 is -5.29.